The Labute approximate surface area is 154 Å². The van der Waals surface area contributed by atoms with E-state index in [0.29, 0.717) is 10.9 Å². The molecule has 0 saturated carbocycles. The fourth-order valence-electron chi connectivity index (χ4n) is 2.81. The Morgan fingerprint density at radius 2 is 2.16 bits per heavy atom. The number of likely N-dealkylation sites (tertiary alicyclic amines) is 1. The fourth-order valence-corrected chi connectivity index (χ4v) is 4.48. The Kier molecular flexibility index (Phi) is 7.18. The summed E-state index contributed by atoms with van der Waals surface area (Å²) >= 11 is 1.50. The van der Waals surface area contributed by atoms with Crippen molar-refractivity contribution in [3.05, 3.63) is 33.5 Å². The molecule has 1 atom stereocenters. The summed E-state index contributed by atoms with van der Waals surface area (Å²) in [5, 5.41) is 2.67. The van der Waals surface area contributed by atoms with Crippen LogP contribution in [0.25, 0.3) is 0 Å². The van der Waals surface area contributed by atoms with Crippen molar-refractivity contribution in [2.75, 3.05) is 32.4 Å². The van der Waals surface area contributed by atoms with E-state index in [2.05, 4.69) is 34.9 Å². The molecule has 1 amide bonds. The van der Waals surface area contributed by atoms with Gasteiger partial charge in [-0.1, -0.05) is 11.6 Å². The Bertz CT molecular complexity index is 721. The van der Waals surface area contributed by atoms with Crippen LogP contribution in [0.5, 0.6) is 0 Å². The second-order valence-corrected chi connectivity index (χ2v) is 9.58. The number of allylic oxidation sites excluding steroid dienone is 1. The average molecular weight is 386 g/mol. The molecule has 25 heavy (non-hydrogen) atoms. The van der Waals surface area contributed by atoms with Crippen molar-refractivity contribution >= 4 is 27.3 Å². The summed E-state index contributed by atoms with van der Waals surface area (Å²) in [4.78, 5) is 16.5. The number of thiophene rings is 1. The van der Waals surface area contributed by atoms with E-state index in [4.69, 9.17) is 0 Å². The van der Waals surface area contributed by atoms with Gasteiger partial charge in [0.25, 0.3) is 5.91 Å². The van der Waals surface area contributed by atoms with Crippen LogP contribution in [-0.2, 0) is 10.0 Å². The van der Waals surface area contributed by atoms with Gasteiger partial charge < -0.3 is 5.32 Å². The first-order valence-corrected chi connectivity index (χ1v) is 11.0. The minimum Gasteiger partial charge on any atom is -0.350 e. The monoisotopic (exact) mass is 385 g/mol. The molecule has 140 valence electrons. The molecule has 0 aliphatic carbocycles. The molecule has 1 aromatic rings. The molecule has 1 unspecified atom stereocenters. The predicted molar refractivity (Wildman–Crippen MR) is 102 cm³/mol. The van der Waals surface area contributed by atoms with Crippen molar-refractivity contribution in [2.24, 2.45) is 0 Å². The third-order valence-corrected chi connectivity index (χ3v) is 6.79. The molecule has 8 heteroatoms. The molecule has 6 nitrogen and oxygen atoms in total. The highest BCUT2D eigenvalue weighted by Crippen LogP contribution is 2.35. The molecule has 1 saturated heterocycles. The van der Waals surface area contributed by atoms with Crippen LogP contribution in [0.15, 0.2) is 23.8 Å². The van der Waals surface area contributed by atoms with Crippen LogP contribution in [0.4, 0.5) is 0 Å². The quantitative estimate of drug-likeness (QED) is 0.672. The summed E-state index contributed by atoms with van der Waals surface area (Å²) in [6.45, 7) is 6.33. The van der Waals surface area contributed by atoms with Gasteiger partial charge in [-0.2, -0.15) is 0 Å². The van der Waals surface area contributed by atoms with Crippen LogP contribution in [-0.4, -0.2) is 51.7 Å². The molecule has 0 aromatic carbocycles. The van der Waals surface area contributed by atoms with E-state index in [0.717, 1.165) is 19.5 Å². The van der Waals surface area contributed by atoms with E-state index < -0.39 is 10.0 Å². The standard InChI is InChI=1S/C17H27N3O3S2/c1-13(2)8-11-20-10-4-5-14(20)15-6-7-16(24-15)17(21)19-9-12-25(22,23)18-3/h6-8,14,18H,4-5,9-12H2,1-3H3,(H,19,21). The normalized spacial score (nSPS) is 18.3. The number of carbonyl (C=O) groups excluding carboxylic acids is 1. The maximum absolute atomic E-state index is 12.2. The molecular formula is C17H27N3O3S2. The summed E-state index contributed by atoms with van der Waals surface area (Å²) < 4.78 is 25.0. The van der Waals surface area contributed by atoms with Crippen LogP contribution in [0.3, 0.4) is 0 Å². The van der Waals surface area contributed by atoms with Gasteiger partial charge in [0, 0.05) is 24.0 Å². The molecule has 0 spiro atoms. The maximum Gasteiger partial charge on any atom is 0.261 e. The zero-order valence-corrected chi connectivity index (χ0v) is 16.7. The van der Waals surface area contributed by atoms with Gasteiger partial charge in [0.1, 0.15) is 0 Å². The minimum atomic E-state index is -3.30. The lowest BCUT2D eigenvalue weighted by Gasteiger charge is -2.22. The molecule has 1 aromatic heterocycles. The summed E-state index contributed by atoms with van der Waals surface area (Å²) in [5.41, 5.74) is 1.31. The van der Waals surface area contributed by atoms with Gasteiger partial charge in [-0.25, -0.2) is 13.1 Å². The second kappa shape index (κ2) is 8.93. The van der Waals surface area contributed by atoms with Crippen molar-refractivity contribution in [1.29, 1.82) is 0 Å². The van der Waals surface area contributed by atoms with E-state index >= 15 is 0 Å². The summed E-state index contributed by atoms with van der Waals surface area (Å²) in [6, 6.07) is 4.22. The molecule has 1 fully saturated rings. The zero-order valence-electron chi connectivity index (χ0n) is 15.0. The third-order valence-electron chi connectivity index (χ3n) is 4.24. The van der Waals surface area contributed by atoms with Crippen molar-refractivity contribution < 1.29 is 13.2 Å². The zero-order chi connectivity index (χ0) is 18.4. The summed E-state index contributed by atoms with van der Waals surface area (Å²) in [5.74, 6) is -0.330. The maximum atomic E-state index is 12.2. The van der Waals surface area contributed by atoms with Gasteiger partial charge in [-0.05, 0) is 52.4 Å². The lowest BCUT2D eigenvalue weighted by atomic mass is 10.2. The summed E-state index contributed by atoms with van der Waals surface area (Å²) in [6.07, 6.45) is 4.52. The SMILES string of the molecule is CNS(=O)(=O)CCNC(=O)c1ccc(C2CCCN2CC=C(C)C)s1. The smallest absolute Gasteiger partial charge is 0.261 e. The van der Waals surface area contributed by atoms with Gasteiger partial charge in [0.2, 0.25) is 10.0 Å². The topological polar surface area (TPSA) is 78.5 Å². The molecular weight excluding hydrogens is 358 g/mol. The largest absolute Gasteiger partial charge is 0.350 e. The molecule has 0 radical (unpaired) electrons. The van der Waals surface area contributed by atoms with Crippen molar-refractivity contribution in [3.63, 3.8) is 0 Å². The number of hydrogen-bond acceptors (Lipinski definition) is 5. The Morgan fingerprint density at radius 3 is 2.84 bits per heavy atom. The van der Waals surface area contributed by atoms with Crippen LogP contribution in [0, 0.1) is 0 Å². The number of sulfonamides is 1. The summed E-state index contributed by atoms with van der Waals surface area (Å²) in [7, 11) is -1.93. The van der Waals surface area contributed by atoms with Gasteiger partial charge >= 0.3 is 0 Å². The van der Waals surface area contributed by atoms with Gasteiger partial charge in [-0.15, -0.1) is 11.3 Å². The Balaban J connectivity index is 1.94. The fraction of sp³-hybridized carbons (Fsp3) is 0.588. The highest BCUT2D eigenvalue weighted by atomic mass is 32.2. The first-order chi connectivity index (χ1) is 11.8. The van der Waals surface area contributed by atoms with Crippen molar-refractivity contribution in [2.45, 2.75) is 32.7 Å². The lowest BCUT2D eigenvalue weighted by molar-refractivity contribution is 0.0960. The molecule has 2 heterocycles. The van der Waals surface area contributed by atoms with Crippen LogP contribution in [0.2, 0.25) is 0 Å². The van der Waals surface area contributed by atoms with Crippen molar-refractivity contribution in [1.82, 2.24) is 14.9 Å². The van der Waals surface area contributed by atoms with E-state index in [1.807, 2.05) is 12.1 Å². The van der Waals surface area contributed by atoms with E-state index in [-0.39, 0.29) is 18.2 Å². The molecule has 1 aliphatic heterocycles. The Morgan fingerprint density at radius 1 is 1.40 bits per heavy atom. The van der Waals surface area contributed by atoms with Crippen LogP contribution in [0.1, 0.15) is 47.3 Å². The number of nitrogens with one attached hydrogen (secondary N) is 2. The van der Waals surface area contributed by atoms with E-state index in [9.17, 15) is 13.2 Å². The molecule has 1 aliphatic rings. The highest BCUT2D eigenvalue weighted by Gasteiger charge is 2.27. The van der Waals surface area contributed by atoms with Crippen LogP contribution >= 0.6 is 11.3 Å². The first-order valence-electron chi connectivity index (χ1n) is 8.49. The van der Waals surface area contributed by atoms with Gasteiger partial charge in [0.15, 0.2) is 0 Å². The van der Waals surface area contributed by atoms with Gasteiger partial charge in [0.05, 0.1) is 10.6 Å². The minimum absolute atomic E-state index is 0.103. The Hall–Kier alpha value is -1.22. The molecule has 2 rings (SSSR count). The van der Waals surface area contributed by atoms with E-state index in [1.165, 1.54) is 35.3 Å². The molecule has 2 N–H and O–H groups in total. The second-order valence-electron chi connectivity index (χ2n) is 6.42. The van der Waals surface area contributed by atoms with Crippen LogP contribution < -0.4 is 10.0 Å². The number of rotatable bonds is 8. The number of amides is 1. The average Bonchev–Trinajstić information content (AvgIpc) is 3.21. The number of carbonyl (C=O) groups is 1. The number of hydrogen-bond donors (Lipinski definition) is 2. The predicted octanol–water partition coefficient (Wildman–Crippen LogP) is 2.13. The van der Waals surface area contributed by atoms with Gasteiger partial charge in [-0.3, -0.25) is 9.69 Å². The van der Waals surface area contributed by atoms with E-state index in [1.54, 1.807) is 0 Å². The first kappa shape index (κ1) is 20.1. The van der Waals surface area contributed by atoms with Crippen molar-refractivity contribution in [3.8, 4) is 0 Å². The molecule has 0 bridgehead atoms. The highest BCUT2D eigenvalue weighted by molar-refractivity contribution is 7.89. The lowest BCUT2D eigenvalue weighted by Crippen LogP contribution is -2.32. The third kappa shape index (κ3) is 5.91. The number of nitrogens with zero attached hydrogens (tertiary/aromatic N) is 1.